The van der Waals surface area contributed by atoms with Gasteiger partial charge >= 0.3 is 5.97 Å². The largest absolute Gasteiger partial charge is 0.478 e. The minimum absolute atomic E-state index is 0.144. The zero-order valence-electron chi connectivity index (χ0n) is 9.35. The second-order valence-corrected chi connectivity index (χ2v) is 5.44. The molecule has 1 N–H and O–H groups in total. The zero-order valence-corrected chi connectivity index (χ0v) is 10.2. The summed E-state index contributed by atoms with van der Waals surface area (Å²) in [5.41, 5.74) is 0.496. The Balaban J connectivity index is 2.05. The Morgan fingerprint density at radius 2 is 2.18 bits per heavy atom. The lowest BCUT2D eigenvalue weighted by molar-refractivity contribution is 0.0693. The van der Waals surface area contributed by atoms with E-state index in [2.05, 4.69) is 6.07 Å². The monoisotopic (exact) mass is 247 g/mol. The van der Waals surface area contributed by atoms with Crippen LogP contribution in [-0.4, -0.2) is 16.8 Å². The molecule has 4 heteroatoms. The molecular formula is C13H13NO2S. The van der Waals surface area contributed by atoms with Gasteiger partial charge in [0.2, 0.25) is 0 Å². The average molecular weight is 247 g/mol. The van der Waals surface area contributed by atoms with E-state index in [-0.39, 0.29) is 5.41 Å². The van der Waals surface area contributed by atoms with Crippen molar-refractivity contribution >= 4 is 17.7 Å². The Morgan fingerprint density at radius 1 is 1.47 bits per heavy atom. The van der Waals surface area contributed by atoms with Gasteiger partial charge in [-0.3, -0.25) is 0 Å². The van der Waals surface area contributed by atoms with Crippen LogP contribution in [0.15, 0.2) is 29.2 Å². The number of nitriles is 1. The smallest absolute Gasteiger partial charge is 0.336 e. The molecule has 88 valence electrons. The van der Waals surface area contributed by atoms with Crippen LogP contribution in [0.3, 0.4) is 0 Å². The quantitative estimate of drug-likeness (QED) is 0.812. The van der Waals surface area contributed by atoms with Crippen molar-refractivity contribution in [1.29, 1.82) is 5.26 Å². The fraction of sp³-hybridized carbons (Fsp3) is 0.385. The van der Waals surface area contributed by atoms with Gasteiger partial charge in [-0.15, -0.1) is 11.8 Å². The number of rotatable bonds is 5. The minimum atomic E-state index is -0.891. The van der Waals surface area contributed by atoms with Gasteiger partial charge in [-0.05, 0) is 30.4 Å². The van der Waals surface area contributed by atoms with Crippen LogP contribution < -0.4 is 0 Å². The van der Waals surface area contributed by atoms with Gasteiger partial charge in [-0.25, -0.2) is 4.79 Å². The van der Waals surface area contributed by atoms with Crippen LogP contribution >= 0.6 is 11.8 Å². The Kier molecular flexibility index (Phi) is 3.39. The van der Waals surface area contributed by atoms with E-state index in [1.165, 1.54) is 0 Å². The summed E-state index contributed by atoms with van der Waals surface area (Å²) in [7, 11) is 0. The molecule has 1 aromatic rings. The topological polar surface area (TPSA) is 61.1 Å². The van der Waals surface area contributed by atoms with Gasteiger partial charge in [0.25, 0.3) is 0 Å². The molecular weight excluding hydrogens is 234 g/mol. The van der Waals surface area contributed by atoms with E-state index in [9.17, 15) is 4.79 Å². The first kappa shape index (κ1) is 12.0. The van der Waals surface area contributed by atoms with E-state index in [1.54, 1.807) is 23.9 Å². The highest BCUT2D eigenvalue weighted by molar-refractivity contribution is 7.99. The van der Waals surface area contributed by atoms with Gasteiger partial charge in [0, 0.05) is 17.1 Å². The summed E-state index contributed by atoms with van der Waals surface area (Å²) in [4.78, 5) is 11.8. The summed E-state index contributed by atoms with van der Waals surface area (Å²) in [6.07, 6.45) is 2.75. The molecule has 0 spiro atoms. The van der Waals surface area contributed by atoms with E-state index in [4.69, 9.17) is 10.4 Å². The molecule has 1 aliphatic rings. The van der Waals surface area contributed by atoms with Crippen LogP contribution in [0.5, 0.6) is 0 Å². The van der Waals surface area contributed by atoms with Crippen LogP contribution in [0.1, 0.15) is 29.6 Å². The molecule has 1 aliphatic carbocycles. The maximum absolute atomic E-state index is 11.0. The number of carboxylic acids is 1. The Bertz CT molecular complexity index is 475. The van der Waals surface area contributed by atoms with Crippen LogP contribution in [0, 0.1) is 16.7 Å². The SMILES string of the molecule is N#CCC1(CSc2ccccc2C(=O)O)CC1. The van der Waals surface area contributed by atoms with Gasteiger partial charge in [0.15, 0.2) is 0 Å². The van der Waals surface area contributed by atoms with Crippen molar-refractivity contribution in [3.05, 3.63) is 29.8 Å². The number of aromatic carboxylic acids is 1. The minimum Gasteiger partial charge on any atom is -0.478 e. The number of thioether (sulfide) groups is 1. The highest BCUT2D eigenvalue weighted by Crippen LogP contribution is 2.51. The molecule has 0 heterocycles. The third kappa shape index (κ3) is 2.80. The molecule has 0 aliphatic heterocycles. The predicted molar refractivity (Wildman–Crippen MR) is 66.0 cm³/mol. The number of carboxylic acid groups (broad SMARTS) is 1. The van der Waals surface area contributed by atoms with E-state index >= 15 is 0 Å². The number of carbonyl (C=O) groups is 1. The van der Waals surface area contributed by atoms with Gasteiger partial charge in [0.05, 0.1) is 11.6 Å². The van der Waals surface area contributed by atoms with Crippen molar-refractivity contribution in [2.75, 3.05) is 5.75 Å². The van der Waals surface area contributed by atoms with Crippen LogP contribution in [-0.2, 0) is 0 Å². The maximum atomic E-state index is 11.0. The molecule has 0 aromatic heterocycles. The molecule has 0 unspecified atom stereocenters. The van der Waals surface area contributed by atoms with Crippen LogP contribution in [0.2, 0.25) is 0 Å². The average Bonchev–Trinajstić information content (AvgIpc) is 3.08. The molecule has 3 nitrogen and oxygen atoms in total. The number of benzene rings is 1. The number of nitrogens with zero attached hydrogens (tertiary/aromatic N) is 1. The summed E-state index contributed by atoms with van der Waals surface area (Å²) in [5, 5.41) is 17.8. The summed E-state index contributed by atoms with van der Waals surface area (Å²) >= 11 is 1.55. The van der Waals surface area contributed by atoms with E-state index in [0.29, 0.717) is 12.0 Å². The Hall–Kier alpha value is -1.47. The van der Waals surface area contributed by atoms with Crippen molar-refractivity contribution in [3.63, 3.8) is 0 Å². The maximum Gasteiger partial charge on any atom is 0.336 e. The molecule has 2 rings (SSSR count). The molecule has 0 radical (unpaired) electrons. The van der Waals surface area contributed by atoms with Crippen molar-refractivity contribution in [2.45, 2.75) is 24.2 Å². The lowest BCUT2D eigenvalue weighted by Crippen LogP contribution is -2.04. The normalized spacial score (nSPS) is 16.2. The predicted octanol–water partition coefficient (Wildman–Crippen LogP) is 3.17. The molecule has 1 saturated carbocycles. The third-order valence-corrected chi connectivity index (χ3v) is 4.49. The second kappa shape index (κ2) is 4.80. The molecule has 0 atom stereocenters. The van der Waals surface area contributed by atoms with Gasteiger partial charge in [-0.2, -0.15) is 5.26 Å². The van der Waals surface area contributed by atoms with E-state index in [1.807, 2.05) is 12.1 Å². The molecule has 0 bridgehead atoms. The Morgan fingerprint density at radius 3 is 2.76 bits per heavy atom. The summed E-state index contributed by atoms with van der Waals surface area (Å²) in [5.74, 6) is -0.0524. The second-order valence-electron chi connectivity index (χ2n) is 4.42. The van der Waals surface area contributed by atoms with Crippen molar-refractivity contribution in [1.82, 2.24) is 0 Å². The van der Waals surface area contributed by atoms with Gasteiger partial charge in [0.1, 0.15) is 0 Å². The number of hydrogen-bond donors (Lipinski definition) is 1. The van der Waals surface area contributed by atoms with Crippen molar-refractivity contribution < 1.29 is 9.90 Å². The lowest BCUT2D eigenvalue weighted by atomic mass is 10.1. The zero-order chi connectivity index (χ0) is 12.3. The highest BCUT2D eigenvalue weighted by atomic mass is 32.2. The summed E-state index contributed by atoms with van der Waals surface area (Å²) in [6, 6.07) is 9.24. The van der Waals surface area contributed by atoms with E-state index in [0.717, 1.165) is 23.5 Å². The summed E-state index contributed by atoms with van der Waals surface area (Å²) in [6.45, 7) is 0. The fourth-order valence-corrected chi connectivity index (χ4v) is 3.05. The van der Waals surface area contributed by atoms with E-state index < -0.39 is 5.97 Å². The fourth-order valence-electron chi connectivity index (χ4n) is 1.72. The molecule has 1 aromatic carbocycles. The molecule has 0 saturated heterocycles. The first-order valence-electron chi connectivity index (χ1n) is 5.49. The van der Waals surface area contributed by atoms with Crippen LogP contribution in [0.25, 0.3) is 0 Å². The summed E-state index contributed by atoms with van der Waals surface area (Å²) < 4.78 is 0. The van der Waals surface area contributed by atoms with Gasteiger partial charge < -0.3 is 5.11 Å². The lowest BCUT2D eigenvalue weighted by Gasteiger charge is -2.11. The van der Waals surface area contributed by atoms with Crippen molar-refractivity contribution in [3.8, 4) is 6.07 Å². The van der Waals surface area contributed by atoms with Gasteiger partial charge in [-0.1, -0.05) is 12.1 Å². The first-order chi connectivity index (χ1) is 8.17. The number of hydrogen-bond acceptors (Lipinski definition) is 3. The highest BCUT2D eigenvalue weighted by Gasteiger charge is 2.42. The van der Waals surface area contributed by atoms with Crippen molar-refractivity contribution in [2.24, 2.45) is 5.41 Å². The molecule has 17 heavy (non-hydrogen) atoms. The third-order valence-electron chi connectivity index (χ3n) is 3.06. The molecule has 1 fully saturated rings. The van der Waals surface area contributed by atoms with Crippen LogP contribution in [0.4, 0.5) is 0 Å². The first-order valence-corrected chi connectivity index (χ1v) is 6.47. The standard InChI is InChI=1S/C13H13NO2S/c14-8-7-13(5-6-13)9-17-11-4-2-1-3-10(11)12(15)16/h1-4H,5-7,9H2,(H,15,16). The molecule has 0 amide bonds. The Labute approximate surface area is 104 Å².